The van der Waals surface area contributed by atoms with Gasteiger partial charge < -0.3 is 14.6 Å². The summed E-state index contributed by atoms with van der Waals surface area (Å²) in [6.07, 6.45) is 5.63. The molecule has 3 aromatic heterocycles. The molecule has 5 rings (SSSR count). The number of nitrogens with one attached hydrogen (secondary N) is 1. The highest BCUT2D eigenvalue weighted by atomic mass is 16.5. The van der Waals surface area contributed by atoms with Crippen molar-refractivity contribution >= 4 is 16.8 Å². The molecule has 1 saturated heterocycles. The molecule has 4 aromatic rings. The van der Waals surface area contributed by atoms with E-state index in [-0.39, 0.29) is 30.0 Å². The Bertz CT molecular complexity index is 1290. The first kappa shape index (κ1) is 19.3. The van der Waals surface area contributed by atoms with Crippen LogP contribution in [-0.2, 0) is 23.0 Å². The zero-order valence-electron chi connectivity index (χ0n) is 17.0. The predicted molar refractivity (Wildman–Crippen MR) is 114 cm³/mol. The van der Waals surface area contributed by atoms with E-state index < -0.39 is 0 Å². The highest BCUT2D eigenvalue weighted by Gasteiger charge is 2.33. The molecule has 31 heavy (non-hydrogen) atoms. The van der Waals surface area contributed by atoms with Crippen molar-refractivity contribution in [3.05, 3.63) is 77.0 Å². The molecular weight excluding hydrogens is 396 g/mol. The average Bonchev–Trinajstić information content (AvgIpc) is 3.51. The second-order valence-electron chi connectivity index (χ2n) is 7.66. The number of ether oxygens (including phenoxy) is 1. The van der Waals surface area contributed by atoms with Crippen LogP contribution in [0.25, 0.3) is 16.7 Å². The van der Waals surface area contributed by atoms with Crippen LogP contribution in [0.15, 0.2) is 65.8 Å². The largest absolute Gasteiger partial charge is 0.377 e. The first-order chi connectivity index (χ1) is 15.1. The van der Waals surface area contributed by atoms with E-state index >= 15 is 0 Å². The Balaban J connectivity index is 1.36. The van der Waals surface area contributed by atoms with Crippen molar-refractivity contribution in [2.75, 3.05) is 13.2 Å². The van der Waals surface area contributed by atoms with Crippen molar-refractivity contribution in [2.45, 2.75) is 18.5 Å². The molecule has 9 heteroatoms. The van der Waals surface area contributed by atoms with Crippen LogP contribution < -0.4 is 10.9 Å². The summed E-state index contributed by atoms with van der Waals surface area (Å²) in [6, 6.07) is 12.1. The van der Waals surface area contributed by atoms with Gasteiger partial charge in [0.2, 0.25) is 5.91 Å². The third-order valence-electron chi connectivity index (χ3n) is 5.59. The molecule has 1 aliphatic heterocycles. The van der Waals surface area contributed by atoms with Crippen LogP contribution >= 0.6 is 0 Å². The molecular formula is C22H22N6O3. The maximum Gasteiger partial charge on any atom is 0.267 e. The zero-order chi connectivity index (χ0) is 21.4. The maximum atomic E-state index is 12.8. The summed E-state index contributed by atoms with van der Waals surface area (Å²) in [6.45, 7) is 0.626. The minimum atomic E-state index is -0.389. The van der Waals surface area contributed by atoms with Crippen molar-refractivity contribution in [3.63, 3.8) is 0 Å². The number of para-hydroxylation sites is 1. The summed E-state index contributed by atoms with van der Waals surface area (Å²) in [5.41, 5.74) is 1.79. The number of hydrogen-bond donors (Lipinski definition) is 1. The van der Waals surface area contributed by atoms with Crippen LogP contribution in [0, 0.1) is 0 Å². The van der Waals surface area contributed by atoms with Gasteiger partial charge in [0.05, 0.1) is 25.7 Å². The minimum Gasteiger partial charge on any atom is -0.377 e. The van der Waals surface area contributed by atoms with Gasteiger partial charge in [0.25, 0.3) is 5.56 Å². The molecule has 0 saturated carbocycles. The van der Waals surface area contributed by atoms with Crippen molar-refractivity contribution in [2.24, 2.45) is 7.05 Å². The lowest BCUT2D eigenvalue weighted by molar-refractivity contribution is -0.121. The second kappa shape index (κ2) is 7.84. The van der Waals surface area contributed by atoms with Gasteiger partial charge in [-0.15, -0.1) is 5.10 Å². The lowest BCUT2D eigenvalue weighted by atomic mass is 10.1. The van der Waals surface area contributed by atoms with E-state index in [1.165, 1.54) is 10.7 Å². The molecule has 4 heterocycles. The average molecular weight is 418 g/mol. The fraction of sp³-hybridized carbons (Fsp3) is 0.273. The highest BCUT2D eigenvalue weighted by Crippen LogP contribution is 2.22. The number of benzene rings is 1. The number of carbonyl (C=O) groups excluding carboxylic acids is 1. The van der Waals surface area contributed by atoms with Crippen molar-refractivity contribution in [1.82, 2.24) is 29.4 Å². The number of carbonyl (C=O) groups is 1. The highest BCUT2D eigenvalue weighted by molar-refractivity contribution is 5.89. The van der Waals surface area contributed by atoms with Gasteiger partial charge >= 0.3 is 0 Å². The number of aromatic nitrogens is 5. The molecule has 2 unspecified atom stereocenters. The molecule has 1 amide bonds. The monoisotopic (exact) mass is 418 g/mol. The molecule has 0 bridgehead atoms. The molecule has 158 valence electrons. The molecule has 0 spiro atoms. The van der Waals surface area contributed by atoms with E-state index in [1.807, 2.05) is 42.1 Å². The van der Waals surface area contributed by atoms with Crippen LogP contribution in [0.2, 0.25) is 0 Å². The lowest BCUT2D eigenvalue weighted by Gasteiger charge is -2.20. The first-order valence-electron chi connectivity index (χ1n) is 10.1. The molecule has 2 atom stereocenters. The number of hydrogen-bond acceptors (Lipinski definition) is 5. The van der Waals surface area contributed by atoms with Crippen molar-refractivity contribution in [1.29, 1.82) is 0 Å². The number of rotatable bonds is 5. The first-order valence-corrected chi connectivity index (χ1v) is 10.1. The number of fused-ring (bicyclic) bond motifs is 1. The quantitative estimate of drug-likeness (QED) is 0.526. The normalized spacial score (nSPS) is 18.5. The van der Waals surface area contributed by atoms with E-state index in [0.717, 1.165) is 16.5 Å². The number of amides is 1. The lowest BCUT2D eigenvalue weighted by Crippen LogP contribution is -2.44. The Labute approximate surface area is 177 Å². The summed E-state index contributed by atoms with van der Waals surface area (Å²) in [7, 11) is 1.97. The van der Waals surface area contributed by atoms with Crippen LogP contribution in [0.1, 0.15) is 11.6 Å². The van der Waals surface area contributed by atoms with Gasteiger partial charge in [0, 0.05) is 42.6 Å². The summed E-state index contributed by atoms with van der Waals surface area (Å²) >= 11 is 0. The molecule has 1 fully saturated rings. The van der Waals surface area contributed by atoms with Gasteiger partial charge in [0.1, 0.15) is 6.04 Å². The molecule has 1 aromatic carbocycles. The van der Waals surface area contributed by atoms with Gasteiger partial charge in [-0.1, -0.05) is 18.2 Å². The summed E-state index contributed by atoms with van der Waals surface area (Å²) < 4.78 is 10.6. The van der Waals surface area contributed by atoms with E-state index in [1.54, 1.807) is 29.2 Å². The van der Waals surface area contributed by atoms with Gasteiger partial charge in [-0.3, -0.25) is 9.59 Å². The Hall–Kier alpha value is -3.72. The summed E-state index contributed by atoms with van der Waals surface area (Å²) in [5.74, 6) is 0.408. The molecule has 0 aliphatic carbocycles. The predicted octanol–water partition coefficient (Wildman–Crippen LogP) is 1.22. The van der Waals surface area contributed by atoms with Crippen molar-refractivity contribution in [3.8, 4) is 5.82 Å². The molecule has 9 nitrogen and oxygen atoms in total. The fourth-order valence-electron chi connectivity index (χ4n) is 4.10. The summed E-state index contributed by atoms with van der Waals surface area (Å²) in [5, 5.41) is 12.7. The van der Waals surface area contributed by atoms with E-state index in [2.05, 4.69) is 15.5 Å². The Morgan fingerprint density at radius 3 is 2.90 bits per heavy atom. The van der Waals surface area contributed by atoms with Crippen LogP contribution in [0.5, 0.6) is 0 Å². The number of nitrogens with zero attached hydrogens (tertiary/aromatic N) is 5. The molecule has 0 radical (unpaired) electrons. The zero-order valence-corrected chi connectivity index (χ0v) is 17.0. The van der Waals surface area contributed by atoms with Crippen LogP contribution in [0.4, 0.5) is 0 Å². The van der Waals surface area contributed by atoms with Crippen LogP contribution in [0.3, 0.4) is 0 Å². The molecule has 1 N–H and O–H groups in total. The SMILES string of the molecule is Cn1cc(CC(=O)NC2COCC2n2nc(-n3cccn3)ccc2=O)c2ccccc21. The van der Waals surface area contributed by atoms with Gasteiger partial charge in [-0.05, 0) is 23.8 Å². The van der Waals surface area contributed by atoms with Crippen LogP contribution in [-0.4, -0.2) is 49.3 Å². The van der Waals surface area contributed by atoms with Crippen molar-refractivity contribution < 1.29 is 9.53 Å². The van der Waals surface area contributed by atoms with E-state index in [4.69, 9.17) is 4.74 Å². The smallest absolute Gasteiger partial charge is 0.267 e. The number of aryl methyl sites for hydroxylation is 1. The Morgan fingerprint density at radius 1 is 1.19 bits per heavy atom. The maximum absolute atomic E-state index is 12.8. The van der Waals surface area contributed by atoms with E-state index in [0.29, 0.717) is 19.0 Å². The third kappa shape index (κ3) is 3.64. The minimum absolute atomic E-state index is 0.117. The second-order valence-corrected chi connectivity index (χ2v) is 7.66. The van der Waals surface area contributed by atoms with Gasteiger partial charge in [-0.25, -0.2) is 9.36 Å². The topological polar surface area (TPSA) is 96.0 Å². The summed E-state index contributed by atoms with van der Waals surface area (Å²) in [4.78, 5) is 25.3. The molecule has 1 aliphatic rings. The Kier molecular flexibility index (Phi) is 4.87. The van der Waals surface area contributed by atoms with Gasteiger partial charge in [-0.2, -0.15) is 5.10 Å². The Morgan fingerprint density at radius 2 is 2.06 bits per heavy atom. The standard InChI is InChI=1S/C22H22N6O3/c1-26-12-15(16-5-2-3-6-18(16)26)11-21(29)24-17-13-31-14-19(17)28-22(30)8-7-20(25-28)27-10-4-9-23-27/h2-10,12,17,19H,11,13-14H2,1H3,(H,24,29). The van der Waals surface area contributed by atoms with Gasteiger partial charge in [0.15, 0.2) is 5.82 Å². The third-order valence-corrected chi connectivity index (χ3v) is 5.59. The van der Waals surface area contributed by atoms with E-state index in [9.17, 15) is 9.59 Å². The fourth-order valence-corrected chi connectivity index (χ4v) is 4.10.